The van der Waals surface area contributed by atoms with E-state index in [4.69, 9.17) is 11.6 Å². The molecule has 0 atom stereocenters. The van der Waals surface area contributed by atoms with Gasteiger partial charge in [-0.15, -0.1) is 0 Å². The van der Waals surface area contributed by atoms with Gasteiger partial charge in [0.1, 0.15) is 11.0 Å². The highest BCUT2D eigenvalue weighted by atomic mass is 35.5. The van der Waals surface area contributed by atoms with Crippen LogP contribution in [0.4, 0.5) is 11.5 Å². The van der Waals surface area contributed by atoms with Gasteiger partial charge in [0.15, 0.2) is 5.78 Å². The standard InChI is InChI=1S/C20H16ClN3O/c1-14-7-8-15(20(23-14)24-17-5-3-2-4-6-17)9-11-18(25)16-10-12-19(21)22-13-16/h2-13H,1H3,(H,23,24). The number of para-hydroxylation sites is 1. The summed E-state index contributed by atoms with van der Waals surface area (Å²) in [6, 6.07) is 16.9. The molecule has 25 heavy (non-hydrogen) atoms. The van der Waals surface area contributed by atoms with Crippen molar-refractivity contribution in [2.45, 2.75) is 6.92 Å². The van der Waals surface area contributed by atoms with Crippen LogP contribution >= 0.6 is 11.6 Å². The van der Waals surface area contributed by atoms with Crippen LogP contribution in [0, 0.1) is 6.92 Å². The van der Waals surface area contributed by atoms with Gasteiger partial charge < -0.3 is 5.32 Å². The molecule has 4 nitrogen and oxygen atoms in total. The second-order valence-corrected chi connectivity index (χ2v) is 5.84. The Morgan fingerprint density at radius 1 is 1.08 bits per heavy atom. The first-order valence-corrected chi connectivity index (χ1v) is 8.13. The van der Waals surface area contributed by atoms with Crippen LogP contribution in [-0.4, -0.2) is 15.8 Å². The smallest absolute Gasteiger partial charge is 0.187 e. The molecule has 3 aromatic rings. The fourth-order valence-electron chi connectivity index (χ4n) is 2.24. The molecule has 0 saturated heterocycles. The normalized spacial score (nSPS) is 10.8. The summed E-state index contributed by atoms with van der Waals surface area (Å²) in [4.78, 5) is 20.7. The fourth-order valence-corrected chi connectivity index (χ4v) is 2.36. The van der Waals surface area contributed by atoms with Crippen LogP contribution in [0.2, 0.25) is 5.15 Å². The predicted octanol–water partition coefficient (Wildman–Crippen LogP) is 5.08. The number of ketones is 1. The molecule has 124 valence electrons. The molecule has 0 aliphatic rings. The Hall–Kier alpha value is -2.98. The van der Waals surface area contributed by atoms with Gasteiger partial charge in [-0.1, -0.05) is 29.8 Å². The summed E-state index contributed by atoms with van der Waals surface area (Å²) in [5.74, 6) is 0.555. The minimum Gasteiger partial charge on any atom is -0.340 e. The first kappa shape index (κ1) is 16.9. The molecule has 0 bridgehead atoms. The number of nitrogens with zero attached hydrogens (tertiary/aromatic N) is 2. The van der Waals surface area contributed by atoms with Gasteiger partial charge >= 0.3 is 0 Å². The molecule has 0 spiro atoms. The van der Waals surface area contributed by atoms with E-state index in [2.05, 4.69) is 15.3 Å². The topological polar surface area (TPSA) is 54.9 Å². The van der Waals surface area contributed by atoms with Crippen molar-refractivity contribution in [3.8, 4) is 0 Å². The van der Waals surface area contributed by atoms with E-state index in [1.54, 1.807) is 18.2 Å². The number of anilines is 2. The van der Waals surface area contributed by atoms with Gasteiger partial charge in [0.2, 0.25) is 0 Å². The molecule has 0 aliphatic carbocycles. The molecule has 0 saturated carbocycles. The van der Waals surface area contributed by atoms with Crippen molar-refractivity contribution in [1.82, 2.24) is 9.97 Å². The molecule has 0 radical (unpaired) electrons. The summed E-state index contributed by atoms with van der Waals surface area (Å²) in [6.45, 7) is 1.92. The van der Waals surface area contributed by atoms with E-state index in [0.717, 1.165) is 16.9 Å². The van der Waals surface area contributed by atoms with Gasteiger partial charge in [0.25, 0.3) is 0 Å². The number of nitrogens with one attached hydrogen (secondary N) is 1. The minimum absolute atomic E-state index is 0.143. The highest BCUT2D eigenvalue weighted by molar-refractivity contribution is 6.29. The van der Waals surface area contributed by atoms with Crippen LogP contribution in [-0.2, 0) is 0 Å². The quantitative estimate of drug-likeness (QED) is 0.396. The lowest BCUT2D eigenvalue weighted by molar-refractivity contribution is 0.104. The van der Waals surface area contributed by atoms with Crippen molar-refractivity contribution in [2.75, 3.05) is 5.32 Å². The van der Waals surface area contributed by atoms with Crippen molar-refractivity contribution in [3.63, 3.8) is 0 Å². The molecule has 0 amide bonds. The largest absolute Gasteiger partial charge is 0.340 e. The Kier molecular flexibility index (Phi) is 5.21. The Morgan fingerprint density at radius 3 is 2.60 bits per heavy atom. The summed E-state index contributed by atoms with van der Waals surface area (Å²) in [5.41, 5.74) is 3.13. The maximum Gasteiger partial charge on any atom is 0.187 e. The molecule has 1 aromatic carbocycles. The molecule has 1 N–H and O–H groups in total. The van der Waals surface area contributed by atoms with Crippen molar-refractivity contribution in [3.05, 3.63) is 88.8 Å². The third-order valence-electron chi connectivity index (χ3n) is 3.53. The van der Waals surface area contributed by atoms with Crippen LogP contribution < -0.4 is 5.32 Å². The average Bonchev–Trinajstić information content (AvgIpc) is 2.62. The number of carbonyl (C=O) groups excluding carboxylic acids is 1. The summed E-state index contributed by atoms with van der Waals surface area (Å²) < 4.78 is 0. The molecule has 5 heteroatoms. The number of aryl methyl sites for hydroxylation is 1. The second-order valence-electron chi connectivity index (χ2n) is 5.45. The van der Waals surface area contributed by atoms with Gasteiger partial charge in [-0.25, -0.2) is 9.97 Å². The van der Waals surface area contributed by atoms with E-state index in [0.29, 0.717) is 16.5 Å². The van der Waals surface area contributed by atoms with Gasteiger partial charge in [-0.2, -0.15) is 0 Å². The monoisotopic (exact) mass is 349 g/mol. The van der Waals surface area contributed by atoms with Crippen molar-refractivity contribution in [2.24, 2.45) is 0 Å². The first-order chi connectivity index (χ1) is 12.1. The minimum atomic E-state index is -0.143. The maximum absolute atomic E-state index is 12.3. The Morgan fingerprint density at radius 2 is 1.88 bits per heavy atom. The third kappa shape index (κ3) is 4.52. The SMILES string of the molecule is Cc1ccc(C=CC(=O)c2ccc(Cl)nc2)c(Nc2ccccc2)n1. The predicted molar refractivity (Wildman–Crippen MR) is 101 cm³/mol. The number of pyridine rings is 2. The van der Waals surface area contributed by atoms with Crippen molar-refractivity contribution >= 4 is 35.0 Å². The van der Waals surface area contributed by atoms with Gasteiger partial charge in [-0.3, -0.25) is 4.79 Å². The lowest BCUT2D eigenvalue weighted by Crippen LogP contribution is -1.99. The zero-order valence-electron chi connectivity index (χ0n) is 13.6. The molecule has 3 rings (SSSR count). The zero-order chi connectivity index (χ0) is 17.6. The Balaban J connectivity index is 1.84. The van der Waals surface area contributed by atoms with E-state index in [1.165, 1.54) is 12.3 Å². The highest BCUT2D eigenvalue weighted by Crippen LogP contribution is 2.21. The van der Waals surface area contributed by atoms with E-state index < -0.39 is 0 Å². The number of benzene rings is 1. The zero-order valence-corrected chi connectivity index (χ0v) is 14.4. The first-order valence-electron chi connectivity index (χ1n) is 7.75. The third-order valence-corrected chi connectivity index (χ3v) is 3.75. The number of aromatic nitrogens is 2. The molecule has 0 unspecified atom stereocenters. The molecule has 2 aromatic heterocycles. The number of carbonyl (C=O) groups is 1. The molecule has 0 aliphatic heterocycles. The summed E-state index contributed by atoms with van der Waals surface area (Å²) in [7, 11) is 0. The maximum atomic E-state index is 12.3. The van der Waals surface area contributed by atoms with E-state index in [-0.39, 0.29) is 5.78 Å². The van der Waals surface area contributed by atoms with Crippen LogP contribution in [0.3, 0.4) is 0 Å². The lowest BCUT2D eigenvalue weighted by Gasteiger charge is -2.09. The number of halogens is 1. The Labute approximate surface area is 151 Å². The molecular formula is C20H16ClN3O. The van der Waals surface area contributed by atoms with Crippen LogP contribution in [0.25, 0.3) is 6.08 Å². The van der Waals surface area contributed by atoms with Crippen LogP contribution in [0.5, 0.6) is 0 Å². The number of hydrogen-bond acceptors (Lipinski definition) is 4. The summed E-state index contributed by atoms with van der Waals surface area (Å²) in [6.07, 6.45) is 4.72. The fraction of sp³-hybridized carbons (Fsp3) is 0.0500. The molecule has 2 heterocycles. The van der Waals surface area contributed by atoms with Gasteiger partial charge in [-0.05, 0) is 55.5 Å². The van der Waals surface area contributed by atoms with Crippen LogP contribution in [0.15, 0.2) is 66.9 Å². The van der Waals surface area contributed by atoms with Gasteiger partial charge in [0, 0.05) is 28.7 Å². The van der Waals surface area contributed by atoms with E-state index in [1.807, 2.05) is 49.4 Å². The van der Waals surface area contributed by atoms with Crippen LogP contribution in [0.1, 0.15) is 21.6 Å². The van der Waals surface area contributed by atoms with E-state index in [9.17, 15) is 4.79 Å². The number of allylic oxidation sites excluding steroid dienone is 1. The number of rotatable bonds is 5. The lowest BCUT2D eigenvalue weighted by atomic mass is 10.1. The second kappa shape index (κ2) is 7.73. The summed E-state index contributed by atoms with van der Waals surface area (Å²) in [5, 5.41) is 3.64. The van der Waals surface area contributed by atoms with Crippen molar-refractivity contribution in [1.29, 1.82) is 0 Å². The Bertz CT molecular complexity index is 906. The number of hydrogen-bond donors (Lipinski definition) is 1. The molecule has 0 fully saturated rings. The summed E-state index contributed by atoms with van der Waals surface area (Å²) >= 11 is 5.74. The van der Waals surface area contributed by atoms with Gasteiger partial charge in [0.05, 0.1) is 0 Å². The van der Waals surface area contributed by atoms with E-state index >= 15 is 0 Å². The molecular weight excluding hydrogens is 334 g/mol. The van der Waals surface area contributed by atoms with Crippen molar-refractivity contribution < 1.29 is 4.79 Å². The highest BCUT2D eigenvalue weighted by Gasteiger charge is 2.05. The average molecular weight is 350 g/mol.